The Hall–Kier alpha value is -3.33. The molecule has 9 heteroatoms. The molecule has 5 nitrogen and oxygen atoms in total. The molecule has 180 valence electrons. The number of thioether (sulfide) groups is 1. The Labute approximate surface area is 219 Å². The molecule has 1 amide bonds. The first-order valence-corrected chi connectivity index (χ1v) is 13.1. The van der Waals surface area contributed by atoms with E-state index < -0.39 is 28.3 Å². The van der Waals surface area contributed by atoms with Crippen molar-refractivity contribution in [1.82, 2.24) is 10.3 Å². The summed E-state index contributed by atoms with van der Waals surface area (Å²) in [7, 11) is 0. The lowest BCUT2D eigenvalue weighted by atomic mass is 9.79. The molecule has 1 N–H and O–H groups in total. The van der Waals surface area contributed by atoms with Crippen LogP contribution in [-0.2, 0) is 15.1 Å². The van der Waals surface area contributed by atoms with Crippen LogP contribution in [0.25, 0.3) is 0 Å². The van der Waals surface area contributed by atoms with Crippen LogP contribution in [-0.4, -0.2) is 27.7 Å². The summed E-state index contributed by atoms with van der Waals surface area (Å²) in [5.74, 6) is -1.57. The fourth-order valence-corrected chi connectivity index (χ4v) is 6.11. The van der Waals surface area contributed by atoms with Gasteiger partial charge in [0.15, 0.2) is 5.78 Å². The first-order chi connectivity index (χ1) is 17.4. The molecule has 2 atom stereocenters. The molecule has 2 unspecified atom stereocenters. The highest BCUT2D eigenvalue weighted by molar-refractivity contribution is 8.01. The number of Topliss-reactive ketones (excluding diaryl/α,β-unsaturated/α-hetero) is 1. The molecule has 1 aliphatic heterocycles. The van der Waals surface area contributed by atoms with E-state index in [1.165, 1.54) is 35.6 Å². The molecule has 2 aromatic heterocycles. The standard InChI is InChI=1S/C27H18ClFN2O3S2/c28-19-4-1-2-6-22(19)36-25-21(32)14-27(31-26(25)34,17-12-13-35-15-17)23-7-3-5-20(30-23)24(33)16-8-10-18(29)11-9-16/h1-13,15,25H,14H2,(H,31,34). The Morgan fingerprint density at radius 3 is 2.53 bits per heavy atom. The number of hydrogen-bond acceptors (Lipinski definition) is 6. The van der Waals surface area contributed by atoms with Crippen LogP contribution in [0.3, 0.4) is 0 Å². The highest BCUT2D eigenvalue weighted by atomic mass is 35.5. The number of carbonyl (C=O) groups excluding carboxylic acids is 3. The minimum atomic E-state index is -1.23. The molecule has 4 aromatic rings. The van der Waals surface area contributed by atoms with Crippen LogP contribution < -0.4 is 5.32 Å². The molecular weight excluding hydrogens is 519 g/mol. The molecule has 5 rings (SSSR count). The van der Waals surface area contributed by atoms with Crippen LogP contribution in [0.2, 0.25) is 5.02 Å². The van der Waals surface area contributed by atoms with Gasteiger partial charge < -0.3 is 5.32 Å². The van der Waals surface area contributed by atoms with Crippen molar-refractivity contribution in [2.45, 2.75) is 22.1 Å². The van der Waals surface area contributed by atoms with Crippen LogP contribution in [0.15, 0.2) is 88.5 Å². The van der Waals surface area contributed by atoms with Gasteiger partial charge >= 0.3 is 0 Å². The topological polar surface area (TPSA) is 76.1 Å². The van der Waals surface area contributed by atoms with Gasteiger partial charge in [-0.05, 0) is 70.9 Å². The molecule has 1 fully saturated rings. The first kappa shape index (κ1) is 24.4. The molecule has 0 bridgehead atoms. The fraction of sp³-hybridized carbons (Fsp3) is 0.111. The lowest BCUT2D eigenvalue weighted by Gasteiger charge is -2.39. The summed E-state index contributed by atoms with van der Waals surface area (Å²) in [5, 5.41) is 6.24. The Balaban J connectivity index is 1.51. The zero-order valence-electron chi connectivity index (χ0n) is 18.6. The third-order valence-corrected chi connectivity index (χ3v) is 8.37. The van der Waals surface area contributed by atoms with E-state index in [4.69, 9.17) is 11.6 Å². The largest absolute Gasteiger partial charge is 0.339 e. The number of halogens is 2. The fourth-order valence-electron chi connectivity index (χ4n) is 4.14. The SMILES string of the molecule is O=C(c1ccc(F)cc1)c1cccc(C2(c3ccsc3)CC(=O)C(Sc3ccccc3Cl)C(=O)N2)n1. The van der Waals surface area contributed by atoms with Crippen molar-refractivity contribution in [1.29, 1.82) is 0 Å². The smallest absolute Gasteiger partial charge is 0.242 e. The van der Waals surface area contributed by atoms with Crippen molar-refractivity contribution in [3.63, 3.8) is 0 Å². The maximum atomic E-state index is 13.4. The summed E-state index contributed by atoms with van der Waals surface area (Å²) >= 11 is 8.79. The second kappa shape index (κ2) is 9.97. The van der Waals surface area contributed by atoms with E-state index in [-0.39, 0.29) is 23.5 Å². The predicted octanol–water partition coefficient (Wildman–Crippen LogP) is 5.66. The zero-order valence-corrected chi connectivity index (χ0v) is 21.0. The number of rotatable bonds is 6. The number of thiophene rings is 1. The van der Waals surface area contributed by atoms with E-state index in [2.05, 4.69) is 10.3 Å². The van der Waals surface area contributed by atoms with Crippen molar-refractivity contribution in [2.75, 3.05) is 0 Å². The summed E-state index contributed by atoms with van der Waals surface area (Å²) in [4.78, 5) is 45.0. The number of hydrogen-bond donors (Lipinski definition) is 1. The maximum Gasteiger partial charge on any atom is 0.242 e. The summed E-state index contributed by atoms with van der Waals surface area (Å²) in [5.41, 5.74) is 0.254. The van der Waals surface area contributed by atoms with E-state index in [9.17, 15) is 18.8 Å². The highest BCUT2D eigenvalue weighted by Crippen LogP contribution is 2.41. The minimum absolute atomic E-state index is 0.0429. The van der Waals surface area contributed by atoms with Gasteiger partial charge in [0.05, 0.1) is 10.7 Å². The first-order valence-electron chi connectivity index (χ1n) is 10.9. The van der Waals surface area contributed by atoms with E-state index in [1.807, 2.05) is 16.8 Å². The number of nitrogens with one attached hydrogen (secondary N) is 1. The zero-order chi connectivity index (χ0) is 25.3. The lowest BCUT2D eigenvalue weighted by molar-refractivity contribution is -0.133. The molecule has 0 spiro atoms. The molecule has 3 heterocycles. The predicted molar refractivity (Wildman–Crippen MR) is 138 cm³/mol. The third-order valence-electron chi connectivity index (χ3n) is 5.93. The number of nitrogens with zero attached hydrogens (tertiary/aromatic N) is 1. The number of benzene rings is 2. The summed E-state index contributed by atoms with van der Waals surface area (Å²) < 4.78 is 13.3. The average Bonchev–Trinajstić information content (AvgIpc) is 3.43. The van der Waals surface area contributed by atoms with Crippen molar-refractivity contribution >= 4 is 52.2 Å². The van der Waals surface area contributed by atoms with Crippen LogP contribution in [0, 0.1) is 5.82 Å². The number of piperidine rings is 1. The van der Waals surface area contributed by atoms with Crippen LogP contribution in [0.5, 0.6) is 0 Å². The van der Waals surface area contributed by atoms with E-state index >= 15 is 0 Å². The molecule has 0 saturated carbocycles. The summed E-state index contributed by atoms with van der Waals surface area (Å²) in [6, 6.07) is 19.0. The monoisotopic (exact) mass is 536 g/mol. The number of ketones is 2. The van der Waals surface area contributed by atoms with Crippen molar-refractivity contribution in [3.8, 4) is 0 Å². The Morgan fingerprint density at radius 2 is 1.83 bits per heavy atom. The van der Waals surface area contributed by atoms with Gasteiger partial charge in [-0.2, -0.15) is 11.3 Å². The Kier molecular flexibility index (Phi) is 6.75. The minimum Gasteiger partial charge on any atom is -0.339 e. The molecule has 2 aromatic carbocycles. The number of carbonyl (C=O) groups is 3. The molecule has 36 heavy (non-hydrogen) atoms. The summed E-state index contributed by atoms with van der Waals surface area (Å²) in [6.07, 6.45) is -0.0429. The highest BCUT2D eigenvalue weighted by Gasteiger charge is 2.48. The molecule has 1 aliphatic rings. The van der Waals surface area contributed by atoms with Gasteiger partial charge in [-0.3, -0.25) is 14.4 Å². The molecule has 0 radical (unpaired) electrons. The van der Waals surface area contributed by atoms with Gasteiger partial charge in [0.25, 0.3) is 0 Å². The number of aromatic nitrogens is 1. The number of pyridine rings is 1. The lowest BCUT2D eigenvalue weighted by Crippen LogP contribution is -2.58. The Morgan fingerprint density at radius 1 is 1.06 bits per heavy atom. The van der Waals surface area contributed by atoms with Gasteiger partial charge in [0.2, 0.25) is 11.7 Å². The maximum absolute atomic E-state index is 13.4. The van der Waals surface area contributed by atoms with Crippen molar-refractivity contribution in [2.24, 2.45) is 0 Å². The normalized spacial score (nSPS) is 19.7. The van der Waals surface area contributed by atoms with E-state index in [0.29, 0.717) is 21.2 Å². The molecule has 0 aliphatic carbocycles. The van der Waals surface area contributed by atoms with E-state index in [1.54, 1.807) is 42.5 Å². The van der Waals surface area contributed by atoms with E-state index in [0.717, 1.165) is 11.8 Å². The number of amides is 1. The van der Waals surface area contributed by atoms with Gasteiger partial charge in [-0.15, -0.1) is 11.8 Å². The van der Waals surface area contributed by atoms with Gasteiger partial charge in [0, 0.05) is 16.9 Å². The average molecular weight is 537 g/mol. The van der Waals surface area contributed by atoms with Crippen LogP contribution in [0.4, 0.5) is 4.39 Å². The molecule has 1 saturated heterocycles. The van der Waals surface area contributed by atoms with Crippen LogP contribution in [0.1, 0.15) is 33.7 Å². The second-order valence-corrected chi connectivity index (χ2v) is 10.6. The van der Waals surface area contributed by atoms with Crippen molar-refractivity contribution in [3.05, 3.63) is 117 Å². The summed E-state index contributed by atoms with van der Waals surface area (Å²) in [6.45, 7) is 0. The van der Waals surface area contributed by atoms with Crippen molar-refractivity contribution < 1.29 is 18.8 Å². The molecular formula is C27H18ClFN2O3S2. The second-order valence-electron chi connectivity index (χ2n) is 8.22. The third kappa shape index (κ3) is 4.59. The van der Waals surface area contributed by atoms with Crippen LogP contribution >= 0.6 is 34.7 Å². The Bertz CT molecular complexity index is 1440. The van der Waals surface area contributed by atoms with Gasteiger partial charge in [-0.1, -0.05) is 29.8 Å². The van der Waals surface area contributed by atoms with Gasteiger partial charge in [0.1, 0.15) is 22.3 Å². The van der Waals surface area contributed by atoms with Gasteiger partial charge in [-0.25, -0.2) is 9.37 Å². The quantitative estimate of drug-likeness (QED) is 0.254.